The zero-order chi connectivity index (χ0) is 13.7. The lowest BCUT2D eigenvalue weighted by Crippen LogP contribution is -2.61. The van der Waals surface area contributed by atoms with Crippen molar-refractivity contribution in [2.45, 2.75) is 69.9 Å². The lowest BCUT2D eigenvalue weighted by atomic mass is 9.59. The second-order valence-electron chi connectivity index (χ2n) is 7.03. The van der Waals surface area contributed by atoms with E-state index in [2.05, 4.69) is 13.8 Å². The summed E-state index contributed by atoms with van der Waals surface area (Å²) in [4.78, 5) is 0. The maximum Gasteiger partial charge on any atom is 0.0788 e. The molecular formula is C15H27NO3. The third-order valence-corrected chi connectivity index (χ3v) is 5.74. The standard InChI is InChI=1S/C15H27NO3/c1-10(2)12-8-15(17,5-6-18-12)14(9-16)7-11-3-4-13(14)19-11/h10-13,17H,3-9,16H2,1-2H3. The van der Waals surface area contributed by atoms with Crippen molar-refractivity contribution < 1.29 is 14.6 Å². The third kappa shape index (κ3) is 1.96. The van der Waals surface area contributed by atoms with Gasteiger partial charge in [-0.25, -0.2) is 0 Å². The van der Waals surface area contributed by atoms with Crippen LogP contribution >= 0.6 is 0 Å². The van der Waals surface area contributed by atoms with Crippen molar-refractivity contribution in [3.05, 3.63) is 0 Å². The number of aliphatic hydroxyl groups is 1. The molecule has 3 N–H and O–H groups in total. The summed E-state index contributed by atoms with van der Waals surface area (Å²) in [5, 5.41) is 11.3. The minimum Gasteiger partial charge on any atom is -0.389 e. The lowest BCUT2D eigenvalue weighted by molar-refractivity contribution is -0.187. The van der Waals surface area contributed by atoms with E-state index in [0.717, 1.165) is 19.3 Å². The zero-order valence-electron chi connectivity index (χ0n) is 12.1. The van der Waals surface area contributed by atoms with E-state index in [0.29, 0.717) is 38.0 Å². The van der Waals surface area contributed by atoms with Crippen molar-refractivity contribution in [1.82, 2.24) is 0 Å². The van der Waals surface area contributed by atoms with E-state index in [1.54, 1.807) is 0 Å². The fourth-order valence-electron chi connectivity index (χ4n) is 4.45. The summed E-state index contributed by atoms with van der Waals surface area (Å²) >= 11 is 0. The summed E-state index contributed by atoms with van der Waals surface area (Å²) in [6, 6.07) is 0. The number of ether oxygens (including phenoxy) is 2. The zero-order valence-corrected chi connectivity index (χ0v) is 12.1. The molecular weight excluding hydrogens is 242 g/mol. The van der Waals surface area contributed by atoms with Crippen molar-refractivity contribution in [3.63, 3.8) is 0 Å². The van der Waals surface area contributed by atoms with Crippen LogP contribution in [-0.4, -0.2) is 42.2 Å². The highest BCUT2D eigenvalue weighted by molar-refractivity contribution is 5.12. The Bertz CT molecular complexity index is 348. The molecule has 110 valence electrons. The average Bonchev–Trinajstić information content (AvgIpc) is 2.99. The first-order valence-electron chi connectivity index (χ1n) is 7.70. The van der Waals surface area contributed by atoms with Gasteiger partial charge in [-0.1, -0.05) is 13.8 Å². The van der Waals surface area contributed by atoms with Gasteiger partial charge < -0.3 is 20.3 Å². The molecule has 0 aliphatic carbocycles. The molecule has 0 aromatic rings. The van der Waals surface area contributed by atoms with Gasteiger partial charge in [0.1, 0.15) is 0 Å². The first kappa shape index (κ1) is 13.8. The molecule has 0 radical (unpaired) electrons. The van der Waals surface area contributed by atoms with Gasteiger partial charge >= 0.3 is 0 Å². The second-order valence-corrected chi connectivity index (χ2v) is 7.03. The summed E-state index contributed by atoms with van der Waals surface area (Å²) in [6.07, 6.45) is 5.12. The molecule has 19 heavy (non-hydrogen) atoms. The normalized spacial score (nSPS) is 50.1. The van der Waals surface area contributed by atoms with Gasteiger partial charge in [-0.2, -0.15) is 0 Å². The van der Waals surface area contributed by atoms with Crippen LogP contribution in [0.1, 0.15) is 46.0 Å². The van der Waals surface area contributed by atoms with E-state index in [9.17, 15) is 5.11 Å². The molecule has 3 aliphatic heterocycles. The van der Waals surface area contributed by atoms with Gasteiger partial charge in [0.05, 0.1) is 23.9 Å². The maximum atomic E-state index is 11.3. The van der Waals surface area contributed by atoms with E-state index in [-0.39, 0.29) is 17.6 Å². The highest BCUT2D eigenvalue weighted by Gasteiger charge is 2.62. The van der Waals surface area contributed by atoms with Crippen LogP contribution in [0.25, 0.3) is 0 Å². The first-order valence-corrected chi connectivity index (χ1v) is 7.70. The van der Waals surface area contributed by atoms with Crippen LogP contribution in [0.4, 0.5) is 0 Å². The Kier molecular flexibility index (Phi) is 3.41. The lowest BCUT2D eigenvalue weighted by Gasteiger charge is -2.52. The van der Waals surface area contributed by atoms with E-state index in [1.165, 1.54) is 0 Å². The maximum absolute atomic E-state index is 11.3. The summed E-state index contributed by atoms with van der Waals surface area (Å²) in [5.74, 6) is 0.432. The first-order chi connectivity index (χ1) is 9.01. The highest BCUT2D eigenvalue weighted by atomic mass is 16.5. The Hall–Kier alpha value is -0.160. The molecule has 4 heteroatoms. The van der Waals surface area contributed by atoms with E-state index >= 15 is 0 Å². The van der Waals surface area contributed by atoms with Crippen molar-refractivity contribution in [2.75, 3.05) is 13.2 Å². The molecule has 3 fully saturated rings. The predicted octanol–water partition coefficient (Wildman–Crippen LogP) is 1.45. The fourth-order valence-corrected chi connectivity index (χ4v) is 4.45. The molecule has 0 aromatic heterocycles. The van der Waals surface area contributed by atoms with Crippen molar-refractivity contribution in [3.8, 4) is 0 Å². The number of hydrogen-bond acceptors (Lipinski definition) is 4. The van der Waals surface area contributed by atoms with Crippen LogP contribution in [-0.2, 0) is 9.47 Å². The fraction of sp³-hybridized carbons (Fsp3) is 1.00. The molecule has 3 rings (SSSR count). The molecule has 4 nitrogen and oxygen atoms in total. The molecule has 2 bridgehead atoms. The summed E-state index contributed by atoms with van der Waals surface area (Å²) in [5.41, 5.74) is 5.16. The van der Waals surface area contributed by atoms with E-state index < -0.39 is 5.60 Å². The van der Waals surface area contributed by atoms with Gasteiger partial charge in [0.25, 0.3) is 0 Å². The summed E-state index contributed by atoms with van der Waals surface area (Å²) in [7, 11) is 0. The molecule has 5 atom stereocenters. The van der Waals surface area contributed by atoms with Gasteiger partial charge in [0, 0.05) is 31.4 Å². The van der Waals surface area contributed by atoms with Crippen LogP contribution in [0.2, 0.25) is 0 Å². The molecule has 0 aromatic carbocycles. The number of nitrogens with two attached hydrogens (primary N) is 1. The smallest absolute Gasteiger partial charge is 0.0788 e. The Morgan fingerprint density at radius 1 is 1.32 bits per heavy atom. The predicted molar refractivity (Wildman–Crippen MR) is 72.8 cm³/mol. The number of rotatable bonds is 3. The van der Waals surface area contributed by atoms with Gasteiger partial charge in [-0.3, -0.25) is 0 Å². The SMILES string of the molecule is CC(C)C1CC(O)(C2(CN)CC3CCC2O3)CCO1. The number of fused-ring (bicyclic) bond motifs is 2. The Balaban J connectivity index is 1.86. The average molecular weight is 269 g/mol. The Morgan fingerprint density at radius 2 is 2.11 bits per heavy atom. The largest absolute Gasteiger partial charge is 0.389 e. The minimum absolute atomic E-state index is 0.140. The summed E-state index contributed by atoms with van der Waals surface area (Å²) in [6.45, 7) is 5.47. The minimum atomic E-state index is -0.714. The van der Waals surface area contributed by atoms with Gasteiger partial charge in [0.15, 0.2) is 0 Å². The van der Waals surface area contributed by atoms with Crippen molar-refractivity contribution in [2.24, 2.45) is 17.1 Å². The van der Waals surface area contributed by atoms with Gasteiger partial charge in [-0.15, -0.1) is 0 Å². The van der Waals surface area contributed by atoms with Crippen LogP contribution in [0, 0.1) is 11.3 Å². The molecule has 0 amide bonds. The molecule has 3 aliphatic rings. The molecule has 3 saturated heterocycles. The molecule has 0 spiro atoms. The third-order valence-electron chi connectivity index (χ3n) is 5.74. The molecule has 5 unspecified atom stereocenters. The van der Waals surface area contributed by atoms with Crippen LogP contribution in [0.3, 0.4) is 0 Å². The molecule has 3 heterocycles. The van der Waals surface area contributed by atoms with Crippen molar-refractivity contribution >= 4 is 0 Å². The van der Waals surface area contributed by atoms with Crippen LogP contribution < -0.4 is 5.73 Å². The van der Waals surface area contributed by atoms with E-state index in [1.807, 2.05) is 0 Å². The Morgan fingerprint density at radius 3 is 2.63 bits per heavy atom. The highest BCUT2D eigenvalue weighted by Crippen LogP contribution is 2.56. The summed E-state index contributed by atoms with van der Waals surface area (Å²) < 4.78 is 11.8. The second kappa shape index (κ2) is 4.69. The number of hydrogen-bond donors (Lipinski definition) is 2. The molecule has 0 saturated carbocycles. The Labute approximate surface area is 115 Å². The van der Waals surface area contributed by atoms with E-state index in [4.69, 9.17) is 15.2 Å². The van der Waals surface area contributed by atoms with Gasteiger partial charge in [-0.05, 0) is 25.2 Å². The monoisotopic (exact) mass is 269 g/mol. The van der Waals surface area contributed by atoms with Gasteiger partial charge in [0.2, 0.25) is 0 Å². The van der Waals surface area contributed by atoms with Crippen LogP contribution in [0.15, 0.2) is 0 Å². The topological polar surface area (TPSA) is 64.7 Å². The van der Waals surface area contributed by atoms with Crippen LogP contribution in [0.5, 0.6) is 0 Å². The quantitative estimate of drug-likeness (QED) is 0.814. The van der Waals surface area contributed by atoms with Crippen molar-refractivity contribution in [1.29, 1.82) is 0 Å².